The molecule has 0 saturated carbocycles. The van der Waals surface area contributed by atoms with E-state index in [1.54, 1.807) is 6.08 Å². The number of ketones is 1. The molecule has 0 amide bonds. The van der Waals surface area contributed by atoms with E-state index < -0.39 is 0 Å². The van der Waals surface area contributed by atoms with Crippen LogP contribution in [0.25, 0.3) is 60.1 Å². The fourth-order valence-corrected chi connectivity index (χ4v) is 7.48. The number of carbonyl (C=O) groups excluding carboxylic acids is 1. The summed E-state index contributed by atoms with van der Waals surface area (Å²) >= 11 is 0. The Balaban J connectivity index is 0.000000388. The van der Waals surface area contributed by atoms with Crippen LogP contribution in [0.1, 0.15) is 106 Å². The van der Waals surface area contributed by atoms with Gasteiger partial charge in [0, 0.05) is 48.2 Å². The SMILES string of the molecule is CC(=O)/C=C(/C)[N-]C(C)C.CC(C)(C)c1cc(-c2nccc3c2ccc2c4cc5c(cc4oc32)C(C)(C)CCC5(C)C)[c-]c2ccccc12.[Ir]. The molecule has 50 heavy (non-hydrogen) atoms. The molecular weight excluding hydrogens is 793 g/mol. The van der Waals surface area contributed by atoms with E-state index in [0.29, 0.717) is 0 Å². The maximum atomic E-state index is 10.5. The topological polar surface area (TPSA) is 57.2 Å². The summed E-state index contributed by atoms with van der Waals surface area (Å²) < 4.78 is 6.69. The van der Waals surface area contributed by atoms with Gasteiger partial charge in [-0.2, -0.15) is 5.70 Å². The molecule has 0 atom stereocenters. The van der Waals surface area contributed by atoms with Crippen molar-refractivity contribution < 1.29 is 29.3 Å². The fourth-order valence-electron chi connectivity index (χ4n) is 7.48. The molecule has 0 bridgehead atoms. The Labute approximate surface area is 311 Å². The molecule has 4 nitrogen and oxygen atoms in total. The molecule has 0 aliphatic heterocycles. The zero-order chi connectivity index (χ0) is 35.5. The van der Waals surface area contributed by atoms with Crippen LogP contribution in [-0.4, -0.2) is 16.8 Å². The van der Waals surface area contributed by atoms with Crippen molar-refractivity contribution in [1.29, 1.82) is 0 Å². The first-order valence-electron chi connectivity index (χ1n) is 17.6. The van der Waals surface area contributed by atoms with E-state index >= 15 is 0 Å². The molecule has 7 rings (SSSR count). The average Bonchev–Trinajstić information content (AvgIpc) is 3.39. The molecule has 1 aliphatic carbocycles. The number of allylic oxidation sites excluding steroid dienone is 2. The monoisotopic (exact) mass is 843 g/mol. The van der Waals surface area contributed by atoms with Gasteiger partial charge in [-0.1, -0.05) is 111 Å². The number of fused-ring (bicyclic) bond motifs is 7. The van der Waals surface area contributed by atoms with Gasteiger partial charge >= 0.3 is 0 Å². The van der Waals surface area contributed by atoms with Crippen molar-refractivity contribution in [2.45, 2.75) is 111 Å². The van der Waals surface area contributed by atoms with Crippen LogP contribution >= 0.6 is 0 Å². The second kappa shape index (κ2) is 13.7. The van der Waals surface area contributed by atoms with E-state index in [2.05, 4.69) is 121 Å². The molecule has 0 saturated heterocycles. The van der Waals surface area contributed by atoms with Crippen LogP contribution in [-0.2, 0) is 41.1 Å². The number of hydrogen-bond donors (Lipinski definition) is 0. The quantitative estimate of drug-likeness (QED) is 0.131. The number of furan rings is 1. The summed E-state index contributed by atoms with van der Waals surface area (Å²) in [6, 6.07) is 26.1. The van der Waals surface area contributed by atoms with E-state index in [0.717, 1.165) is 44.3 Å². The van der Waals surface area contributed by atoms with E-state index in [1.807, 2.05) is 27.0 Å². The largest absolute Gasteiger partial charge is 0.686 e. The van der Waals surface area contributed by atoms with Crippen molar-refractivity contribution in [3.63, 3.8) is 0 Å². The number of nitrogens with zero attached hydrogens (tertiary/aromatic N) is 2. The third kappa shape index (κ3) is 7.18. The summed E-state index contributed by atoms with van der Waals surface area (Å²) in [6.45, 7) is 23.7. The summed E-state index contributed by atoms with van der Waals surface area (Å²) in [5, 5.41) is 11.1. The van der Waals surface area contributed by atoms with Gasteiger partial charge in [-0.25, -0.2) is 0 Å². The van der Waals surface area contributed by atoms with Gasteiger partial charge in [0.15, 0.2) is 5.78 Å². The van der Waals surface area contributed by atoms with E-state index in [1.165, 1.54) is 52.6 Å². The van der Waals surface area contributed by atoms with E-state index in [9.17, 15) is 4.79 Å². The first kappa shape index (κ1) is 37.5. The van der Waals surface area contributed by atoms with Crippen molar-refractivity contribution >= 4 is 49.3 Å². The molecule has 2 heterocycles. The summed E-state index contributed by atoms with van der Waals surface area (Å²) in [4.78, 5) is 15.4. The van der Waals surface area contributed by atoms with Crippen LogP contribution in [0.4, 0.5) is 0 Å². The zero-order valence-electron chi connectivity index (χ0n) is 31.5. The molecule has 4 aromatic carbocycles. The molecule has 2 aromatic heterocycles. The van der Waals surface area contributed by atoms with Gasteiger partial charge in [0.2, 0.25) is 0 Å². The minimum atomic E-state index is 0. The Bertz CT molecular complexity index is 2260. The van der Waals surface area contributed by atoms with Crippen LogP contribution in [0.2, 0.25) is 0 Å². The molecule has 0 spiro atoms. The van der Waals surface area contributed by atoms with Crippen LogP contribution in [0.5, 0.6) is 0 Å². The van der Waals surface area contributed by atoms with E-state index in [-0.39, 0.29) is 48.2 Å². The molecule has 0 N–H and O–H groups in total. The smallest absolute Gasteiger partial charge is 0.151 e. The van der Waals surface area contributed by atoms with Crippen LogP contribution < -0.4 is 0 Å². The Hall–Kier alpha value is -3.79. The normalized spacial score (nSPS) is 15.5. The van der Waals surface area contributed by atoms with Gasteiger partial charge in [-0.3, -0.25) is 9.78 Å². The van der Waals surface area contributed by atoms with Crippen LogP contribution in [0.3, 0.4) is 0 Å². The molecule has 263 valence electrons. The minimum Gasteiger partial charge on any atom is -0.686 e. The minimum absolute atomic E-state index is 0. The molecule has 5 heteroatoms. The third-order valence-electron chi connectivity index (χ3n) is 10.1. The molecule has 0 unspecified atom stereocenters. The summed E-state index contributed by atoms with van der Waals surface area (Å²) in [7, 11) is 0. The predicted octanol–water partition coefficient (Wildman–Crippen LogP) is 12.7. The maximum Gasteiger partial charge on any atom is 0.151 e. The van der Waals surface area contributed by atoms with Gasteiger partial charge in [0.05, 0.1) is 0 Å². The van der Waals surface area contributed by atoms with Gasteiger partial charge in [0.1, 0.15) is 11.2 Å². The Morgan fingerprint density at radius 1 is 0.860 bits per heavy atom. The average molecular weight is 843 g/mol. The second-order valence-corrected chi connectivity index (χ2v) is 16.5. The van der Waals surface area contributed by atoms with Gasteiger partial charge in [-0.05, 0) is 76.8 Å². The predicted molar refractivity (Wildman–Crippen MR) is 208 cm³/mol. The van der Waals surface area contributed by atoms with Crippen molar-refractivity contribution in [3.8, 4) is 11.3 Å². The van der Waals surface area contributed by atoms with Crippen LogP contribution in [0, 0.1) is 6.07 Å². The molecular formula is C45H50IrN2O2-2. The molecule has 1 radical (unpaired) electrons. The number of rotatable bonds is 4. The Morgan fingerprint density at radius 2 is 1.48 bits per heavy atom. The summed E-state index contributed by atoms with van der Waals surface area (Å²) in [5.74, 6) is 0.0573. The first-order valence-corrected chi connectivity index (χ1v) is 17.6. The summed E-state index contributed by atoms with van der Waals surface area (Å²) in [6.07, 6.45) is 5.85. The first-order chi connectivity index (χ1) is 23.0. The number of pyridine rings is 1. The number of carbonyl (C=O) groups is 1. The van der Waals surface area contributed by atoms with Crippen molar-refractivity contribution in [2.75, 3.05) is 0 Å². The zero-order valence-corrected chi connectivity index (χ0v) is 33.9. The van der Waals surface area contributed by atoms with Crippen molar-refractivity contribution in [2.24, 2.45) is 0 Å². The number of aromatic nitrogens is 1. The van der Waals surface area contributed by atoms with E-state index in [4.69, 9.17) is 9.40 Å². The maximum absolute atomic E-state index is 10.5. The Morgan fingerprint density at radius 3 is 2.12 bits per heavy atom. The van der Waals surface area contributed by atoms with Gasteiger partial charge in [0.25, 0.3) is 0 Å². The van der Waals surface area contributed by atoms with Crippen molar-refractivity contribution in [3.05, 3.63) is 107 Å². The van der Waals surface area contributed by atoms with Gasteiger partial charge in [-0.15, -0.1) is 35.2 Å². The van der Waals surface area contributed by atoms with Crippen molar-refractivity contribution in [1.82, 2.24) is 4.98 Å². The molecule has 1 aliphatic rings. The number of benzene rings is 4. The third-order valence-corrected chi connectivity index (χ3v) is 10.1. The standard InChI is InChI=1S/C37H36NO.C8H15NO.Ir/c1-35(2,3)29-19-23(18-22-10-8-9-11-24(22)29)33-25-12-13-26-28-20-30-31(37(6,7)16-15-36(30,4)5)21-32(28)39-34(26)27(25)14-17-38-33;1-6(2)9-7(3)5-8(4)10;/h8-14,17,19-21H,15-16H2,1-7H3;5-6H,1-4H3,(H,9,10);/q-1;;/p-1. The Kier molecular flexibility index (Phi) is 10.3. The van der Waals surface area contributed by atoms with Gasteiger partial charge < -0.3 is 9.73 Å². The molecule has 0 fully saturated rings. The number of hydrogen-bond acceptors (Lipinski definition) is 3. The van der Waals surface area contributed by atoms with Crippen LogP contribution in [0.15, 0.2) is 83.1 Å². The fraction of sp³-hybridized carbons (Fsp3) is 0.378. The second-order valence-electron chi connectivity index (χ2n) is 16.5. The molecule has 6 aromatic rings. The summed E-state index contributed by atoms with van der Waals surface area (Å²) in [5.41, 5.74) is 9.22.